The Bertz CT molecular complexity index is 1160. The SMILES string of the molecule is CN(C)S(=O)(=O)c1ccc(NC(=O)CN2C(=O)c3ccccc3S2(=O)=O)cc1. The van der Waals surface area contributed by atoms with Gasteiger partial charge in [-0.2, -0.15) is 0 Å². The van der Waals surface area contributed by atoms with E-state index in [1.807, 2.05) is 0 Å². The molecule has 3 rings (SSSR count). The highest BCUT2D eigenvalue weighted by Crippen LogP contribution is 2.29. The molecule has 0 bridgehead atoms. The van der Waals surface area contributed by atoms with Gasteiger partial charge in [-0.15, -0.1) is 0 Å². The Kier molecular flexibility index (Phi) is 5.00. The minimum Gasteiger partial charge on any atom is -0.325 e. The van der Waals surface area contributed by atoms with Crippen molar-refractivity contribution >= 4 is 37.5 Å². The Morgan fingerprint density at radius 3 is 2.25 bits per heavy atom. The van der Waals surface area contributed by atoms with E-state index in [0.717, 1.165) is 4.31 Å². The number of hydrogen-bond donors (Lipinski definition) is 1. The van der Waals surface area contributed by atoms with Crippen LogP contribution < -0.4 is 5.32 Å². The van der Waals surface area contributed by atoms with E-state index in [1.165, 1.54) is 56.6 Å². The lowest BCUT2D eigenvalue weighted by Gasteiger charge is -2.15. The summed E-state index contributed by atoms with van der Waals surface area (Å²) in [5, 5.41) is 2.46. The zero-order valence-corrected chi connectivity index (χ0v) is 16.6. The summed E-state index contributed by atoms with van der Waals surface area (Å²) in [5.41, 5.74) is 0.290. The van der Waals surface area contributed by atoms with Gasteiger partial charge < -0.3 is 5.32 Å². The highest BCUT2D eigenvalue weighted by molar-refractivity contribution is 7.90. The van der Waals surface area contributed by atoms with Crippen LogP contribution >= 0.6 is 0 Å². The van der Waals surface area contributed by atoms with Gasteiger partial charge in [0.1, 0.15) is 11.4 Å². The van der Waals surface area contributed by atoms with Crippen molar-refractivity contribution in [3.05, 3.63) is 54.1 Å². The quantitative estimate of drug-likeness (QED) is 0.756. The number of nitrogens with zero attached hydrogens (tertiary/aromatic N) is 2. The predicted molar refractivity (Wildman–Crippen MR) is 101 cm³/mol. The topological polar surface area (TPSA) is 121 Å². The van der Waals surface area contributed by atoms with Crippen LogP contribution in [-0.4, -0.2) is 57.9 Å². The minimum absolute atomic E-state index is 0.0218. The van der Waals surface area contributed by atoms with E-state index >= 15 is 0 Å². The molecule has 0 unspecified atom stereocenters. The van der Waals surface area contributed by atoms with E-state index in [9.17, 15) is 26.4 Å². The summed E-state index contributed by atoms with van der Waals surface area (Å²) in [5.74, 6) is -1.49. The number of carbonyl (C=O) groups excluding carboxylic acids is 2. The Labute approximate surface area is 162 Å². The smallest absolute Gasteiger partial charge is 0.269 e. The first-order chi connectivity index (χ1) is 13.0. The molecule has 0 radical (unpaired) electrons. The summed E-state index contributed by atoms with van der Waals surface area (Å²) in [6.07, 6.45) is 0. The molecule has 0 fully saturated rings. The van der Waals surface area contributed by atoms with Crippen LogP contribution in [0.15, 0.2) is 58.3 Å². The maximum Gasteiger partial charge on any atom is 0.269 e. The Balaban J connectivity index is 1.74. The number of fused-ring (bicyclic) bond motifs is 1. The molecule has 0 atom stereocenters. The lowest BCUT2D eigenvalue weighted by atomic mass is 10.2. The van der Waals surface area contributed by atoms with Crippen molar-refractivity contribution in [3.63, 3.8) is 0 Å². The van der Waals surface area contributed by atoms with E-state index in [4.69, 9.17) is 0 Å². The van der Waals surface area contributed by atoms with Crippen molar-refractivity contribution in [1.29, 1.82) is 0 Å². The number of nitrogens with one attached hydrogen (secondary N) is 1. The normalized spacial score (nSPS) is 15.5. The highest BCUT2D eigenvalue weighted by Gasteiger charge is 2.41. The maximum absolute atomic E-state index is 12.5. The van der Waals surface area contributed by atoms with Crippen molar-refractivity contribution < 1.29 is 26.4 Å². The second-order valence-electron chi connectivity index (χ2n) is 6.17. The standard InChI is InChI=1S/C17H17N3O6S2/c1-19(2)27(23,24)13-9-7-12(8-10-13)18-16(21)11-20-17(22)14-5-3-4-6-15(14)28(20,25)26/h3-10H,11H2,1-2H3,(H,18,21). The third-order valence-corrected chi connectivity index (χ3v) is 7.73. The van der Waals surface area contributed by atoms with Crippen molar-refractivity contribution in [1.82, 2.24) is 8.61 Å². The van der Waals surface area contributed by atoms with Crippen molar-refractivity contribution in [2.24, 2.45) is 0 Å². The second kappa shape index (κ2) is 7.00. The van der Waals surface area contributed by atoms with Gasteiger partial charge in [-0.05, 0) is 36.4 Å². The zero-order valence-electron chi connectivity index (χ0n) is 15.0. The highest BCUT2D eigenvalue weighted by atomic mass is 32.2. The van der Waals surface area contributed by atoms with Crippen LogP contribution in [0.3, 0.4) is 0 Å². The monoisotopic (exact) mass is 423 g/mol. The molecule has 2 amide bonds. The summed E-state index contributed by atoms with van der Waals surface area (Å²) in [6, 6.07) is 11.1. The molecule has 1 aliphatic heterocycles. The van der Waals surface area contributed by atoms with Gasteiger partial charge in [-0.25, -0.2) is 25.4 Å². The fourth-order valence-corrected chi connectivity index (χ4v) is 5.07. The average molecular weight is 423 g/mol. The van der Waals surface area contributed by atoms with Gasteiger partial charge in [0.25, 0.3) is 15.9 Å². The third-order valence-electron chi connectivity index (χ3n) is 4.12. The van der Waals surface area contributed by atoms with E-state index in [1.54, 1.807) is 6.07 Å². The molecule has 11 heteroatoms. The number of carbonyl (C=O) groups is 2. The first kappa shape index (κ1) is 20.0. The van der Waals surface area contributed by atoms with Crippen molar-refractivity contribution in [3.8, 4) is 0 Å². The fourth-order valence-electron chi connectivity index (χ4n) is 2.64. The molecular formula is C17H17N3O6S2. The van der Waals surface area contributed by atoms with Crippen LogP contribution in [0.2, 0.25) is 0 Å². The van der Waals surface area contributed by atoms with E-state index in [0.29, 0.717) is 4.31 Å². The molecule has 1 heterocycles. The summed E-state index contributed by atoms with van der Waals surface area (Å²) < 4.78 is 50.6. The van der Waals surface area contributed by atoms with Gasteiger partial charge in [-0.3, -0.25) is 9.59 Å². The summed E-state index contributed by atoms with van der Waals surface area (Å²) in [4.78, 5) is 24.5. The van der Waals surface area contributed by atoms with Gasteiger partial charge in [0.05, 0.1) is 10.5 Å². The third kappa shape index (κ3) is 3.39. The van der Waals surface area contributed by atoms with Crippen molar-refractivity contribution in [2.45, 2.75) is 9.79 Å². The number of amides is 2. The molecule has 0 saturated heterocycles. The van der Waals surface area contributed by atoms with Crippen LogP contribution in [0.25, 0.3) is 0 Å². The Hall–Kier alpha value is -2.76. The Morgan fingerprint density at radius 1 is 1.07 bits per heavy atom. The molecule has 0 spiro atoms. The van der Waals surface area contributed by atoms with Crippen molar-refractivity contribution in [2.75, 3.05) is 26.0 Å². The molecular weight excluding hydrogens is 406 g/mol. The van der Waals surface area contributed by atoms with Gasteiger partial charge in [0.15, 0.2) is 0 Å². The molecule has 1 N–H and O–H groups in total. The van der Waals surface area contributed by atoms with Crippen LogP contribution in [0, 0.1) is 0 Å². The molecule has 28 heavy (non-hydrogen) atoms. The van der Waals surface area contributed by atoms with Crippen LogP contribution in [0.1, 0.15) is 10.4 Å². The van der Waals surface area contributed by atoms with Gasteiger partial charge in [-0.1, -0.05) is 12.1 Å². The van der Waals surface area contributed by atoms with Gasteiger partial charge >= 0.3 is 0 Å². The number of benzene rings is 2. The molecule has 148 valence electrons. The summed E-state index contributed by atoms with van der Waals surface area (Å²) in [7, 11) is -4.89. The fraction of sp³-hybridized carbons (Fsp3) is 0.176. The zero-order chi connectivity index (χ0) is 20.7. The summed E-state index contributed by atoms with van der Waals surface area (Å²) in [6.45, 7) is -0.687. The predicted octanol–water partition coefficient (Wildman–Crippen LogP) is 0.720. The first-order valence-electron chi connectivity index (χ1n) is 8.03. The number of anilines is 1. The van der Waals surface area contributed by atoms with Crippen LogP contribution in [0.4, 0.5) is 5.69 Å². The molecule has 0 saturated carbocycles. The Morgan fingerprint density at radius 2 is 1.68 bits per heavy atom. The van der Waals surface area contributed by atoms with Gasteiger partial charge in [0.2, 0.25) is 15.9 Å². The molecule has 9 nitrogen and oxygen atoms in total. The largest absolute Gasteiger partial charge is 0.325 e. The first-order valence-corrected chi connectivity index (χ1v) is 10.9. The lowest BCUT2D eigenvalue weighted by molar-refractivity contribution is -0.116. The summed E-state index contributed by atoms with van der Waals surface area (Å²) >= 11 is 0. The molecule has 1 aliphatic rings. The number of rotatable bonds is 5. The average Bonchev–Trinajstić information content (AvgIpc) is 2.83. The van der Waals surface area contributed by atoms with E-state index in [2.05, 4.69) is 5.32 Å². The number of sulfonamides is 2. The van der Waals surface area contributed by atoms with E-state index < -0.39 is 38.4 Å². The van der Waals surface area contributed by atoms with E-state index in [-0.39, 0.29) is 21.0 Å². The molecule has 2 aromatic rings. The minimum atomic E-state index is -4.08. The molecule has 0 aliphatic carbocycles. The van der Waals surface area contributed by atoms with Gasteiger partial charge in [0, 0.05) is 19.8 Å². The second-order valence-corrected chi connectivity index (χ2v) is 10.2. The maximum atomic E-state index is 12.5. The number of hydrogen-bond acceptors (Lipinski definition) is 6. The molecule has 2 aromatic carbocycles. The van der Waals surface area contributed by atoms with Crippen LogP contribution in [-0.2, 0) is 24.8 Å². The van der Waals surface area contributed by atoms with Crippen LogP contribution in [0.5, 0.6) is 0 Å². The molecule has 0 aromatic heterocycles. The lowest BCUT2D eigenvalue weighted by Crippen LogP contribution is -2.37.